The number of halogens is 3. The summed E-state index contributed by atoms with van der Waals surface area (Å²) in [4.78, 5) is 40.1. The largest absolute Gasteiger partial charge is 0.490 e. The first kappa shape index (κ1) is 32.8. The summed E-state index contributed by atoms with van der Waals surface area (Å²) in [7, 11) is 0. The first-order chi connectivity index (χ1) is 19.9. The number of amides is 3. The quantitative estimate of drug-likeness (QED) is 0.173. The normalized spacial score (nSPS) is 15.3. The van der Waals surface area contributed by atoms with Crippen molar-refractivity contribution in [1.82, 2.24) is 15.5 Å². The number of nitrogens with one attached hydrogen (secondary N) is 2. The Morgan fingerprint density at radius 3 is 2.10 bits per heavy atom. The van der Waals surface area contributed by atoms with Gasteiger partial charge in [0.25, 0.3) is 0 Å². The molecule has 0 aromatic heterocycles. The van der Waals surface area contributed by atoms with Crippen molar-refractivity contribution in [2.24, 2.45) is 17.2 Å². The third-order valence-electron chi connectivity index (χ3n) is 6.57. The van der Waals surface area contributed by atoms with Crippen molar-refractivity contribution in [3.8, 4) is 5.75 Å². The van der Waals surface area contributed by atoms with Crippen LogP contribution < -0.4 is 32.6 Å². The molecule has 11 nitrogen and oxygen atoms in total. The molecule has 3 rings (SSSR count). The summed E-state index contributed by atoms with van der Waals surface area (Å²) < 4.78 is 44.8. The summed E-state index contributed by atoms with van der Waals surface area (Å²) in [5.74, 6) is -1.53. The molecular weight excluding hydrogens is 557 g/mol. The topological polar surface area (TPSA) is 186 Å². The monoisotopic (exact) mass is 594 g/mol. The fraction of sp³-hybridized carbons (Fsp3) is 0.464. The van der Waals surface area contributed by atoms with Crippen molar-refractivity contribution < 1.29 is 37.4 Å². The van der Waals surface area contributed by atoms with Crippen LogP contribution in [0.1, 0.15) is 42.1 Å². The van der Waals surface area contributed by atoms with Crippen molar-refractivity contribution in [2.45, 2.75) is 56.3 Å². The van der Waals surface area contributed by atoms with E-state index >= 15 is 0 Å². The molecule has 1 aliphatic rings. The van der Waals surface area contributed by atoms with Crippen LogP contribution in [0.4, 0.5) is 13.2 Å². The second kappa shape index (κ2) is 15.0. The lowest BCUT2D eigenvalue weighted by Crippen LogP contribution is -2.55. The first-order valence-corrected chi connectivity index (χ1v) is 13.5. The molecule has 0 aliphatic heterocycles. The number of alkyl halides is 3. The summed E-state index contributed by atoms with van der Waals surface area (Å²) in [5.41, 5.74) is 16.7. The molecule has 0 bridgehead atoms. The van der Waals surface area contributed by atoms with Gasteiger partial charge in [0.05, 0.1) is 24.1 Å². The van der Waals surface area contributed by atoms with Crippen molar-refractivity contribution in [1.29, 1.82) is 0 Å². The minimum atomic E-state index is -4.60. The van der Waals surface area contributed by atoms with E-state index in [4.69, 9.17) is 21.9 Å². The third kappa shape index (κ3) is 9.69. The number of nitrogens with zero attached hydrogens (tertiary/aromatic N) is 1. The molecule has 2 unspecified atom stereocenters. The SMILES string of the molecule is NCCN(CCN)C(=O)CC(N)C(=O)NC(C(=O)NCc1ccc(OC2CC2)cc1)[C@H](O)c1ccc(C(F)(F)F)cc1. The molecule has 9 N–H and O–H groups in total. The summed E-state index contributed by atoms with van der Waals surface area (Å²) in [6.07, 6.45) is -4.54. The van der Waals surface area contributed by atoms with Crippen LogP contribution in [-0.2, 0) is 27.1 Å². The number of benzene rings is 2. The number of rotatable bonds is 15. The molecule has 230 valence electrons. The molecule has 3 amide bonds. The second-order valence-corrected chi connectivity index (χ2v) is 10.00. The van der Waals surface area contributed by atoms with E-state index in [1.807, 2.05) is 0 Å². The Labute approximate surface area is 241 Å². The predicted molar refractivity (Wildman–Crippen MR) is 148 cm³/mol. The van der Waals surface area contributed by atoms with Crippen LogP contribution in [0.25, 0.3) is 0 Å². The average molecular weight is 595 g/mol. The van der Waals surface area contributed by atoms with Crippen LogP contribution in [0.15, 0.2) is 48.5 Å². The lowest BCUT2D eigenvalue weighted by molar-refractivity contribution is -0.138. The van der Waals surface area contributed by atoms with Crippen LogP contribution in [0.3, 0.4) is 0 Å². The van der Waals surface area contributed by atoms with Gasteiger partial charge in [-0.3, -0.25) is 14.4 Å². The fourth-order valence-corrected chi connectivity index (χ4v) is 4.06. The van der Waals surface area contributed by atoms with E-state index in [-0.39, 0.29) is 44.4 Å². The van der Waals surface area contributed by atoms with Gasteiger partial charge in [0.1, 0.15) is 17.9 Å². The zero-order valence-corrected chi connectivity index (χ0v) is 23.0. The van der Waals surface area contributed by atoms with Crippen LogP contribution in [-0.4, -0.2) is 72.1 Å². The Hall–Kier alpha value is -3.72. The minimum Gasteiger partial charge on any atom is -0.490 e. The summed E-state index contributed by atoms with van der Waals surface area (Å²) in [5, 5.41) is 16.0. The molecule has 3 atom stereocenters. The molecule has 0 saturated heterocycles. The molecule has 2 aromatic carbocycles. The lowest BCUT2D eigenvalue weighted by Gasteiger charge is -2.26. The van der Waals surface area contributed by atoms with E-state index in [2.05, 4.69) is 10.6 Å². The molecule has 0 heterocycles. The molecule has 1 fully saturated rings. The highest BCUT2D eigenvalue weighted by Gasteiger charge is 2.34. The number of carbonyl (C=O) groups is 3. The standard InChI is InChI=1S/C28H37F3N6O5/c29-28(30,31)19-5-3-18(4-6-19)25(39)24(36-26(40)22(34)15-23(38)37(13-11-32)14-12-33)27(41)35-16-17-1-7-20(8-2-17)42-21-9-10-21/h1-8,21-22,24-25,39H,9-16,32-34H2,(H,35,41)(H,36,40)/t22?,24?,25-/m1/s1. The number of ether oxygens (including phenoxy) is 1. The highest BCUT2D eigenvalue weighted by atomic mass is 19.4. The van der Waals surface area contributed by atoms with E-state index in [9.17, 15) is 32.7 Å². The molecule has 0 spiro atoms. The van der Waals surface area contributed by atoms with E-state index in [1.54, 1.807) is 24.3 Å². The number of hydrogen-bond acceptors (Lipinski definition) is 8. The maximum atomic E-state index is 13.2. The van der Waals surface area contributed by atoms with Crippen LogP contribution in [0.5, 0.6) is 5.75 Å². The van der Waals surface area contributed by atoms with Gasteiger partial charge in [-0.15, -0.1) is 0 Å². The summed E-state index contributed by atoms with van der Waals surface area (Å²) >= 11 is 0. The Bertz CT molecular complexity index is 1190. The van der Waals surface area contributed by atoms with E-state index in [0.717, 1.165) is 37.1 Å². The maximum Gasteiger partial charge on any atom is 0.416 e. The highest BCUT2D eigenvalue weighted by molar-refractivity contribution is 5.92. The zero-order valence-electron chi connectivity index (χ0n) is 23.0. The van der Waals surface area contributed by atoms with Gasteiger partial charge in [-0.2, -0.15) is 13.2 Å². The van der Waals surface area contributed by atoms with Gasteiger partial charge >= 0.3 is 6.18 Å². The van der Waals surface area contributed by atoms with Crippen molar-refractivity contribution >= 4 is 17.7 Å². The number of aliphatic hydroxyl groups is 1. The van der Waals surface area contributed by atoms with Gasteiger partial charge in [0.2, 0.25) is 17.7 Å². The Kier molecular flexibility index (Phi) is 11.7. The molecule has 1 aliphatic carbocycles. The van der Waals surface area contributed by atoms with Crippen molar-refractivity contribution in [3.05, 3.63) is 65.2 Å². The van der Waals surface area contributed by atoms with Gasteiger partial charge < -0.3 is 42.6 Å². The van der Waals surface area contributed by atoms with Crippen molar-refractivity contribution in [2.75, 3.05) is 26.2 Å². The second-order valence-electron chi connectivity index (χ2n) is 10.00. The Morgan fingerprint density at radius 1 is 0.976 bits per heavy atom. The number of hydrogen-bond donors (Lipinski definition) is 6. The van der Waals surface area contributed by atoms with E-state index in [1.165, 1.54) is 4.90 Å². The van der Waals surface area contributed by atoms with Gasteiger partial charge in [-0.05, 0) is 48.2 Å². The zero-order chi connectivity index (χ0) is 30.9. The summed E-state index contributed by atoms with van der Waals surface area (Å²) in [6.45, 7) is 0.772. The molecule has 42 heavy (non-hydrogen) atoms. The van der Waals surface area contributed by atoms with Crippen LogP contribution in [0, 0.1) is 0 Å². The molecule has 0 radical (unpaired) electrons. The molecule has 14 heteroatoms. The van der Waals surface area contributed by atoms with Crippen LogP contribution in [0.2, 0.25) is 0 Å². The fourth-order valence-electron chi connectivity index (χ4n) is 4.06. The molecule has 2 aromatic rings. The average Bonchev–Trinajstić information content (AvgIpc) is 3.78. The lowest BCUT2D eigenvalue weighted by atomic mass is 9.99. The summed E-state index contributed by atoms with van der Waals surface area (Å²) in [6, 6.07) is 7.50. The number of carbonyl (C=O) groups excluding carboxylic acids is 3. The van der Waals surface area contributed by atoms with Gasteiger partial charge in [0.15, 0.2) is 0 Å². The smallest absolute Gasteiger partial charge is 0.416 e. The Morgan fingerprint density at radius 2 is 1.57 bits per heavy atom. The van der Waals surface area contributed by atoms with E-state index in [0.29, 0.717) is 11.3 Å². The third-order valence-corrected chi connectivity index (χ3v) is 6.57. The highest BCUT2D eigenvalue weighted by Crippen LogP contribution is 2.30. The van der Waals surface area contributed by atoms with Gasteiger partial charge in [0, 0.05) is 32.7 Å². The predicted octanol–water partition coefficient (Wildman–Crippen LogP) is 0.545. The number of aliphatic hydroxyl groups excluding tert-OH is 1. The number of nitrogens with two attached hydrogens (primary N) is 3. The van der Waals surface area contributed by atoms with Crippen molar-refractivity contribution in [3.63, 3.8) is 0 Å². The van der Waals surface area contributed by atoms with Gasteiger partial charge in [-0.25, -0.2) is 0 Å². The Balaban J connectivity index is 1.72. The molecular formula is C28H37F3N6O5. The first-order valence-electron chi connectivity index (χ1n) is 13.5. The van der Waals surface area contributed by atoms with Gasteiger partial charge in [-0.1, -0.05) is 24.3 Å². The molecule has 1 saturated carbocycles. The maximum absolute atomic E-state index is 13.2. The van der Waals surface area contributed by atoms with Crippen LogP contribution >= 0.6 is 0 Å². The minimum absolute atomic E-state index is 0.0202. The van der Waals surface area contributed by atoms with E-state index < -0.39 is 54.1 Å².